The first-order chi connectivity index (χ1) is 12.5. The molecule has 6 nitrogen and oxygen atoms in total. The summed E-state index contributed by atoms with van der Waals surface area (Å²) >= 11 is 0. The van der Waals surface area contributed by atoms with Crippen molar-refractivity contribution in [2.45, 2.75) is 18.7 Å². The molecule has 2 aromatic rings. The second kappa shape index (κ2) is 7.97. The molecule has 7 heteroatoms. The van der Waals surface area contributed by atoms with Crippen molar-refractivity contribution in [3.8, 4) is 11.5 Å². The molecule has 140 valence electrons. The predicted octanol–water partition coefficient (Wildman–Crippen LogP) is 2.57. The highest BCUT2D eigenvalue weighted by Gasteiger charge is 2.19. The van der Waals surface area contributed by atoms with Gasteiger partial charge in [0.1, 0.15) is 13.2 Å². The summed E-state index contributed by atoms with van der Waals surface area (Å²) in [6.07, 6.45) is 0. The molecule has 0 saturated heterocycles. The molecule has 0 aliphatic carbocycles. The smallest absolute Gasteiger partial charge is 0.240 e. The quantitative estimate of drug-likeness (QED) is 0.804. The van der Waals surface area contributed by atoms with Crippen LogP contribution >= 0.6 is 0 Å². The van der Waals surface area contributed by atoms with Crippen LogP contribution in [-0.4, -0.2) is 41.3 Å². The molecular weight excluding hydrogens is 352 g/mol. The maximum atomic E-state index is 12.6. The average molecular weight is 376 g/mol. The fourth-order valence-corrected chi connectivity index (χ4v) is 3.92. The molecule has 1 aliphatic rings. The van der Waals surface area contributed by atoms with Crippen LogP contribution in [-0.2, 0) is 10.0 Å². The molecule has 0 saturated carbocycles. The number of anilines is 1. The van der Waals surface area contributed by atoms with E-state index in [2.05, 4.69) is 22.6 Å². The minimum absolute atomic E-state index is 0.181. The van der Waals surface area contributed by atoms with Crippen LogP contribution in [0, 0.1) is 6.92 Å². The molecule has 0 spiro atoms. The molecule has 0 unspecified atom stereocenters. The number of fused-ring (bicyclic) bond motifs is 1. The van der Waals surface area contributed by atoms with Crippen molar-refractivity contribution < 1.29 is 17.9 Å². The summed E-state index contributed by atoms with van der Waals surface area (Å²) in [5, 5.41) is 0. The van der Waals surface area contributed by atoms with E-state index in [4.69, 9.17) is 9.47 Å². The summed E-state index contributed by atoms with van der Waals surface area (Å²) in [5.41, 5.74) is 2.27. The van der Waals surface area contributed by atoms with Gasteiger partial charge in [0.15, 0.2) is 11.5 Å². The summed E-state index contributed by atoms with van der Waals surface area (Å²) in [4.78, 5) is 2.32. The van der Waals surface area contributed by atoms with Crippen LogP contribution < -0.4 is 19.1 Å². The van der Waals surface area contributed by atoms with Gasteiger partial charge in [-0.2, -0.15) is 0 Å². The lowest BCUT2D eigenvalue weighted by atomic mass is 10.2. The van der Waals surface area contributed by atoms with E-state index in [1.54, 1.807) is 6.07 Å². The van der Waals surface area contributed by atoms with Crippen molar-refractivity contribution in [3.63, 3.8) is 0 Å². The van der Waals surface area contributed by atoms with Gasteiger partial charge in [-0.25, -0.2) is 13.1 Å². The van der Waals surface area contributed by atoms with E-state index in [0.717, 1.165) is 12.2 Å². The summed E-state index contributed by atoms with van der Waals surface area (Å²) < 4.78 is 38.7. The van der Waals surface area contributed by atoms with E-state index in [1.165, 1.54) is 17.7 Å². The Hall–Kier alpha value is -2.25. The number of ether oxygens (including phenoxy) is 2. The molecule has 1 N–H and O–H groups in total. The van der Waals surface area contributed by atoms with Crippen molar-refractivity contribution in [1.29, 1.82) is 0 Å². The zero-order chi connectivity index (χ0) is 18.6. The van der Waals surface area contributed by atoms with Crippen LogP contribution in [0.15, 0.2) is 47.4 Å². The molecule has 0 radical (unpaired) electrons. The highest BCUT2D eigenvalue weighted by molar-refractivity contribution is 7.89. The Kier molecular flexibility index (Phi) is 5.68. The fourth-order valence-electron chi connectivity index (χ4n) is 2.88. The first kappa shape index (κ1) is 18.5. The molecule has 26 heavy (non-hydrogen) atoms. The number of likely N-dealkylation sites (N-methyl/N-ethyl adjacent to an activating group) is 1. The Labute approximate surface area is 154 Å². The average Bonchev–Trinajstić information content (AvgIpc) is 2.65. The van der Waals surface area contributed by atoms with Gasteiger partial charge in [0, 0.05) is 31.4 Å². The fraction of sp³-hybridized carbons (Fsp3) is 0.368. The molecular formula is C19H24N2O4S. The number of sulfonamides is 1. The van der Waals surface area contributed by atoms with E-state index in [0.29, 0.717) is 37.8 Å². The third-order valence-electron chi connectivity index (χ3n) is 4.25. The van der Waals surface area contributed by atoms with E-state index < -0.39 is 10.0 Å². The second-order valence-corrected chi connectivity index (χ2v) is 7.89. The molecule has 0 bridgehead atoms. The third kappa shape index (κ3) is 4.28. The number of nitrogens with one attached hydrogen (secondary N) is 1. The molecule has 0 atom stereocenters. The van der Waals surface area contributed by atoms with E-state index in [9.17, 15) is 8.42 Å². The third-order valence-corrected chi connectivity index (χ3v) is 5.70. The maximum Gasteiger partial charge on any atom is 0.240 e. The molecule has 1 aliphatic heterocycles. The van der Waals surface area contributed by atoms with Crippen LogP contribution in [0.4, 0.5) is 5.69 Å². The Morgan fingerprint density at radius 1 is 1.08 bits per heavy atom. The van der Waals surface area contributed by atoms with Crippen molar-refractivity contribution in [2.75, 3.05) is 37.7 Å². The SMILES string of the molecule is CCN(CCNS(=O)(=O)c1ccc2c(c1)OCCO2)c1cccc(C)c1. The lowest BCUT2D eigenvalue weighted by Crippen LogP contribution is -2.35. The highest BCUT2D eigenvalue weighted by atomic mass is 32.2. The number of hydrogen-bond donors (Lipinski definition) is 1. The molecule has 2 aromatic carbocycles. The van der Waals surface area contributed by atoms with Gasteiger partial charge in [0.05, 0.1) is 4.90 Å². The van der Waals surface area contributed by atoms with E-state index in [-0.39, 0.29) is 4.90 Å². The van der Waals surface area contributed by atoms with Crippen LogP contribution in [0.2, 0.25) is 0 Å². The molecule has 0 amide bonds. The lowest BCUT2D eigenvalue weighted by Gasteiger charge is -2.24. The standard InChI is InChI=1S/C19H24N2O4S/c1-3-21(16-6-4-5-15(2)13-16)10-9-20-26(22,23)17-7-8-18-19(14-17)25-12-11-24-18/h4-8,13-14,20H,3,9-12H2,1-2H3. The summed E-state index contributed by atoms with van der Waals surface area (Å²) in [6, 6.07) is 12.9. The molecule has 0 fully saturated rings. The highest BCUT2D eigenvalue weighted by Crippen LogP contribution is 2.32. The van der Waals surface area contributed by atoms with Crippen LogP contribution in [0.25, 0.3) is 0 Å². The number of benzene rings is 2. The van der Waals surface area contributed by atoms with E-state index >= 15 is 0 Å². The largest absolute Gasteiger partial charge is 0.486 e. The second-order valence-electron chi connectivity index (χ2n) is 6.12. The zero-order valence-corrected chi connectivity index (χ0v) is 15.9. The first-order valence-corrected chi connectivity index (χ1v) is 10.2. The Balaban J connectivity index is 1.64. The number of hydrogen-bond acceptors (Lipinski definition) is 5. The van der Waals surface area contributed by atoms with Crippen molar-refractivity contribution in [1.82, 2.24) is 4.72 Å². The minimum atomic E-state index is -3.60. The van der Waals surface area contributed by atoms with Crippen molar-refractivity contribution in [3.05, 3.63) is 48.0 Å². The van der Waals surface area contributed by atoms with E-state index in [1.807, 2.05) is 25.1 Å². The number of aryl methyl sites for hydroxylation is 1. The minimum Gasteiger partial charge on any atom is -0.486 e. The van der Waals surface area contributed by atoms with Crippen LogP contribution in [0.3, 0.4) is 0 Å². The monoisotopic (exact) mass is 376 g/mol. The molecule has 0 aromatic heterocycles. The van der Waals surface area contributed by atoms with Gasteiger partial charge in [0.2, 0.25) is 10.0 Å². The first-order valence-electron chi connectivity index (χ1n) is 8.70. The van der Waals surface area contributed by atoms with Gasteiger partial charge >= 0.3 is 0 Å². The predicted molar refractivity (Wildman–Crippen MR) is 102 cm³/mol. The summed E-state index contributed by atoms with van der Waals surface area (Å²) in [5.74, 6) is 1.04. The zero-order valence-electron chi connectivity index (χ0n) is 15.1. The van der Waals surface area contributed by atoms with Gasteiger partial charge in [0.25, 0.3) is 0 Å². The number of rotatable bonds is 7. The van der Waals surface area contributed by atoms with Crippen molar-refractivity contribution >= 4 is 15.7 Å². The summed E-state index contributed by atoms with van der Waals surface area (Å²) in [7, 11) is -3.60. The topological polar surface area (TPSA) is 67.9 Å². The van der Waals surface area contributed by atoms with Gasteiger partial charge in [-0.3, -0.25) is 0 Å². The maximum absolute atomic E-state index is 12.6. The summed E-state index contributed by atoms with van der Waals surface area (Å²) in [6.45, 7) is 6.70. The Bertz CT molecular complexity index is 868. The van der Waals surface area contributed by atoms with Gasteiger partial charge in [-0.15, -0.1) is 0 Å². The van der Waals surface area contributed by atoms with Crippen LogP contribution in [0.1, 0.15) is 12.5 Å². The van der Waals surface area contributed by atoms with Gasteiger partial charge in [-0.1, -0.05) is 12.1 Å². The normalized spacial score (nSPS) is 13.5. The Morgan fingerprint density at radius 3 is 2.58 bits per heavy atom. The number of nitrogens with zero attached hydrogens (tertiary/aromatic N) is 1. The van der Waals surface area contributed by atoms with Gasteiger partial charge in [-0.05, 0) is 43.7 Å². The van der Waals surface area contributed by atoms with Gasteiger partial charge < -0.3 is 14.4 Å². The lowest BCUT2D eigenvalue weighted by molar-refractivity contribution is 0.171. The Morgan fingerprint density at radius 2 is 1.85 bits per heavy atom. The molecule has 1 heterocycles. The van der Waals surface area contributed by atoms with Crippen LogP contribution in [0.5, 0.6) is 11.5 Å². The molecule has 3 rings (SSSR count). The van der Waals surface area contributed by atoms with Crippen molar-refractivity contribution in [2.24, 2.45) is 0 Å².